The quantitative estimate of drug-likeness (QED) is 0.562. The van der Waals surface area contributed by atoms with E-state index < -0.39 is 34.9 Å². The van der Waals surface area contributed by atoms with E-state index in [2.05, 4.69) is 10.4 Å². The van der Waals surface area contributed by atoms with Gasteiger partial charge in [0.05, 0.1) is 23.0 Å². The monoisotopic (exact) mass is 494 g/mol. The summed E-state index contributed by atoms with van der Waals surface area (Å²) in [5.41, 5.74) is 1.51. The average molecular weight is 494 g/mol. The molecular formula is C25H20F2N4O5. The molecule has 1 atom stereocenters. The van der Waals surface area contributed by atoms with E-state index in [4.69, 9.17) is 4.74 Å². The van der Waals surface area contributed by atoms with E-state index in [1.54, 1.807) is 0 Å². The van der Waals surface area contributed by atoms with Crippen LogP contribution in [0.25, 0.3) is 10.9 Å². The zero-order chi connectivity index (χ0) is 25.4. The molecule has 2 aliphatic heterocycles. The van der Waals surface area contributed by atoms with Crippen LogP contribution in [-0.4, -0.2) is 39.0 Å². The number of ether oxygens (including phenoxy) is 1. The minimum atomic E-state index is -0.854. The maximum Gasteiger partial charge on any atom is 0.329 e. The summed E-state index contributed by atoms with van der Waals surface area (Å²) in [6.45, 7) is 0.371. The van der Waals surface area contributed by atoms with Gasteiger partial charge in [0, 0.05) is 24.6 Å². The van der Waals surface area contributed by atoms with E-state index in [0.717, 1.165) is 28.1 Å². The molecule has 184 valence electrons. The van der Waals surface area contributed by atoms with Gasteiger partial charge in [-0.1, -0.05) is 12.1 Å². The molecule has 2 aromatic carbocycles. The topological polar surface area (TPSA) is 113 Å². The first kappa shape index (κ1) is 23.4. The van der Waals surface area contributed by atoms with Gasteiger partial charge in [-0.2, -0.15) is 0 Å². The lowest BCUT2D eigenvalue weighted by Gasteiger charge is -2.23. The maximum absolute atomic E-state index is 14.6. The highest BCUT2D eigenvalue weighted by Crippen LogP contribution is 2.20. The van der Waals surface area contributed by atoms with E-state index >= 15 is 0 Å². The van der Waals surface area contributed by atoms with Crippen LogP contribution in [0.2, 0.25) is 0 Å². The van der Waals surface area contributed by atoms with Gasteiger partial charge in [-0.25, -0.2) is 18.6 Å². The van der Waals surface area contributed by atoms with Gasteiger partial charge in [0.2, 0.25) is 0 Å². The number of hydrogen-bond acceptors (Lipinski definition) is 6. The van der Waals surface area contributed by atoms with Gasteiger partial charge >= 0.3 is 5.69 Å². The third-order valence-corrected chi connectivity index (χ3v) is 6.06. The number of amides is 1. The smallest absolute Gasteiger partial charge is 0.329 e. The van der Waals surface area contributed by atoms with Gasteiger partial charge in [-0.05, 0) is 48.7 Å². The Morgan fingerprint density at radius 2 is 1.94 bits per heavy atom. The van der Waals surface area contributed by atoms with E-state index in [1.165, 1.54) is 42.7 Å². The van der Waals surface area contributed by atoms with Crippen molar-refractivity contribution in [2.24, 2.45) is 0 Å². The van der Waals surface area contributed by atoms with Crippen LogP contribution >= 0.6 is 0 Å². The Morgan fingerprint density at radius 3 is 2.67 bits per heavy atom. The summed E-state index contributed by atoms with van der Waals surface area (Å²) in [5, 5.41) is 0.740. The number of carbonyl (C=O) groups is 2. The number of ketones is 1. The molecule has 1 unspecified atom stereocenters. The van der Waals surface area contributed by atoms with Crippen molar-refractivity contribution in [3.8, 4) is 0 Å². The molecule has 11 heteroatoms. The Morgan fingerprint density at radius 1 is 1.11 bits per heavy atom. The Hall–Kier alpha value is -4.38. The third kappa shape index (κ3) is 4.24. The summed E-state index contributed by atoms with van der Waals surface area (Å²) < 4.78 is 35.3. The van der Waals surface area contributed by atoms with Crippen LogP contribution in [-0.2, 0) is 16.1 Å². The molecule has 0 radical (unpaired) electrons. The number of aromatic nitrogens is 2. The number of H-pyrrole nitrogens is 1. The minimum Gasteiger partial charge on any atom is -0.370 e. The molecule has 1 fully saturated rings. The summed E-state index contributed by atoms with van der Waals surface area (Å²) in [5.74, 6) is -2.53. The number of hydrogen-bond donors (Lipinski definition) is 2. The fourth-order valence-corrected chi connectivity index (χ4v) is 4.24. The van der Waals surface area contributed by atoms with Crippen molar-refractivity contribution in [3.63, 3.8) is 0 Å². The first-order chi connectivity index (χ1) is 17.3. The minimum absolute atomic E-state index is 0.0650. The van der Waals surface area contributed by atoms with Crippen LogP contribution in [0.15, 0.2) is 70.0 Å². The fraction of sp³-hybridized carbons (Fsp3) is 0.200. The first-order valence-corrected chi connectivity index (χ1v) is 11.2. The van der Waals surface area contributed by atoms with E-state index in [0.29, 0.717) is 24.2 Å². The van der Waals surface area contributed by atoms with Crippen LogP contribution in [0.3, 0.4) is 0 Å². The van der Waals surface area contributed by atoms with Crippen LogP contribution in [0.4, 0.5) is 8.78 Å². The molecule has 1 aromatic heterocycles. The molecule has 0 spiro atoms. The van der Waals surface area contributed by atoms with Crippen molar-refractivity contribution >= 4 is 22.6 Å². The number of rotatable bonds is 5. The summed E-state index contributed by atoms with van der Waals surface area (Å²) in [4.78, 5) is 52.1. The summed E-state index contributed by atoms with van der Waals surface area (Å²) in [6.07, 6.45) is 5.03. The first-order valence-electron chi connectivity index (χ1n) is 11.2. The number of carbonyl (C=O) groups excluding carboxylic acids is 2. The highest BCUT2D eigenvalue weighted by molar-refractivity contribution is 6.02. The second kappa shape index (κ2) is 9.34. The molecule has 5 rings (SSSR count). The molecule has 2 aliphatic rings. The number of aromatic amines is 1. The predicted molar refractivity (Wildman–Crippen MR) is 125 cm³/mol. The maximum atomic E-state index is 14.6. The van der Waals surface area contributed by atoms with E-state index in [9.17, 15) is 28.0 Å². The lowest BCUT2D eigenvalue weighted by atomic mass is 10.0. The van der Waals surface area contributed by atoms with Crippen LogP contribution < -0.4 is 16.7 Å². The highest BCUT2D eigenvalue weighted by Gasteiger charge is 2.27. The molecule has 3 heterocycles. The molecule has 1 saturated heterocycles. The summed E-state index contributed by atoms with van der Waals surface area (Å²) >= 11 is 0. The molecule has 0 bridgehead atoms. The van der Waals surface area contributed by atoms with Crippen molar-refractivity contribution in [2.75, 3.05) is 6.61 Å². The second-order valence-electron chi connectivity index (χ2n) is 8.38. The zero-order valence-corrected chi connectivity index (χ0v) is 18.8. The van der Waals surface area contributed by atoms with Gasteiger partial charge in [-0.3, -0.25) is 29.4 Å². The summed E-state index contributed by atoms with van der Waals surface area (Å²) in [6, 6.07) is 7.63. The van der Waals surface area contributed by atoms with Crippen molar-refractivity contribution in [2.45, 2.75) is 25.5 Å². The summed E-state index contributed by atoms with van der Waals surface area (Å²) in [7, 11) is 0. The standard InChI is InChI=1S/C25H20F2N4O5/c26-17-7-6-14(13-30-19-4-1-3-18(27)21(19)23(33)29-25(30)35)11-16(17)24(34)31-9-8-15(12-28-31)22(32)20-5-2-10-36-20/h1,3-4,6-9,11-12,20,28H,2,5,10,13H2,(H,29,33,35). The molecule has 9 nitrogen and oxygen atoms in total. The fourth-order valence-electron chi connectivity index (χ4n) is 4.24. The van der Waals surface area contributed by atoms with Crippen molar-refractivity contribution in [1.82, 2.24) is 20.0 Å². The lowest BCUT2D eigenvalue weighted by molar-refractivity contribution is -0.123. The van der Waals surface area contributed by atoms with Crippen molar-refractivity contribution in [1.29, 1.82) is 0 Å². The Balaban J connectivity index is 1.40. The Kier molecular flexibility index (Phi) is 6.06. The van der Waals surface area contributed by atoms with Crippen molar-refractivity contribution in [3.05, 3.63) is 104 Å². The van der Waals surface area contributed by atoms with Crippen LogP contribution in [0.5, 0.6) is 0 Å². The average Bonchev–Trinajstić information content (AvgIpc) is 3.41. The molecule has 3 aromatic rings. The zero-order valence-electron chi connectivity index (χ0n) is 18.8. The molecule has 36 heavy (non-hydrogen) atoms. The molecule has 0 saturated carbocycles. The van der Waals surface area contributed by atoms with E-state index in [1.807, 2.05) is 0 Å². The largest absolute Gasteiger partial charge is 0.370 e. The Labute approximate surface area is 202 Å². The second-order valence-corrected chi connectivity index (χ2v) is 8.38. The highest BCUT2D eigenvalue weighted by atomic mass is 19.1. The third-order valence-electron chi connectivity index (χ3n) is 6.06. The lowest BCUT2D eigenvalue weighted by Crippen LogP contribution is -2.39. The number of Topliss-reactive ketones (excluding diaryl/α,β-unsaturated/α-hetero) is 1. The predicted octanol–water partition coefficient (Wildman–Crippen LogP) is 2.12. The number of benzene rings is 2. The van der Waals surface area contributed by atoms with Crippen molar-refractivity contribution < 1.29 is 23.1 Å². The van der Waals surface area contributed by atoms with E-state index in [-0.39, 0.29) is 28.8 Å². The SMILES string of the molecule is O=C(C1=CNN(C(=O)c2cc(Cn3c(=O)[nH]c(=O)c4c(F)cccc43)ccc2F)C=C1)C1CCCO1. The number of nitrogens with zero attached hydrogens (tertiary/aromatic N) is 2. The molecule has 1 amide bonds. The molecule has 0 aliphatic carbocycles. The van der Waals surface area contributed by atoms with Crippen LogP contribution in [0.1, 0.15) is 28.8 Å². The van der Waals surface area contributed by atoms with Crippen LogP contribution in [0, 0.1) is 11.6 Å². The number of hydrazine groups is 1. The van der Waals surface area contributed by atoms with Gasteiger partial charge in [0.15, 0.2) is 5.78 Å². The number of nitrogens with one attached hydrogen (secondary N) is 2. The van der Waals surface area contributed by atoms with Gasteiger partial charge in [-0.15, -0.1) is 0 Å². The number of allylic oxidation sites excluding steroid dienone is 1. The Bertz CT molecular complexity index is 1570. The molecule has 2 N–H and O–H groups in total. The number of halogens is 2. The number of fused-ring (bicyclic) bond motifs is 1. The van der Waals surface area contributed by atoms with Gasteiger partial charge in [0.1, 0.15) is 17.7 Å². The van der Waals surface area contributed by atoms with Gasteiger partial charge < -0.3 is 4.74 Å². The van der Waals surface area contributed by atoms with Gasteiger partial charge in [0.25, 0.3) is 11.5 Å². The molecular weight excluding hydrogens is 474 g/mol. The normalized spacial score (nSPS) is 17.2.